The van der Waals surface area contributed by atoms with Gasteiger partial charge in [-0.25, -0.2) is 0 Å². The monoisotopic (exact) mass is 327 g/mol. The van der Waals surface area contributed by atoms with E-state index in [2.05, 4.69) is 31.2 Å². The largest absolute Gasteiger partial charge is 0.395 e. The van der Waals surface area contributed by atoms with Crippen molar-refractivity contribution in [2.24, 2.45) is 5.73 Å². The predicted molar refractivity (Wildman–Crippen MR) is 98.8 cm³/mol. The molecular weight excluding hydrogens is 294 g/mol. The predicted octanol–water partition coefficient (Wildman–Crippen LogP) is 4.65. The van der Waals surface area contributed by atoms with Crippen LogP contribution in [0, 0.1) is 0 Å². The van der Waals surface area contributed by atoms with Gasteiger partial charge in [0.2, 0.25) is 0 Å². The number of hydrogen-bond acceptors (Lipinski definition) is 2. The number of nitrogens with two attached hydrogens (primary N) is 1. The summed E-state index contributed by atoms with van der Waals surface area (Å²) >= 11 is 0. The fraction of sp³-hybridized carbons (Fsp3) is 0.684. The summed E-state index contributed by atoms with van der Waals surface area (Å²) in [6.07, 6.45) is 12.9. The van der Waals surface area contributed by atoms with Crippen LogP contribution in [-0.4, -0.2) is 17.8 Å². The molecule has 0 spiro atoms. The maximum atomic E-state index is 8.96. The van der Waals surface area contributed by atoms with Gasteiger partial charge in [-0.1, -0.05) is 76.1 Å². The summed E-state index contributed by atoms with van der Waals surface area (Å²) in [6, 6.07) is 8.58. The van der Waals surface area contributed by atoms with Gasteiger partial charge >= 0.3 is 0 Å². The zero-order valence-electron chi connectivity index (χ0n) is 14.1. The van der Waals surface area contributed by atoms with Crippen molar-refractivity contribution in [1.82, 2.24) is 0 Å². The first-order valence-electron chi connectivity index (χ1n) is 8.70. The van der Waals surface area contributed by atoms with E-state index < -0.39 is 0 Å². The lowest BCUT2D eigenvalue weighted by Crippen LogP contribution is -2.26. The van der Waals surface area contributed by atoms with Gasteiger partial charge in [-0.2, -0.15) is 0 Å². The number of aliphatic hydroxyl groups excluding tert-OH is 1. The van der Waals surface area contributed by atoms with Crippen LogP contribution in [0.1, 0.15) is 69.4 Å². The summed E-state index contributed by atoms with van der Waals surface area (Å²) in [5.74, 6) is 0. The summed E-state index contributed by atoms with van der Waals surface area (Å²) in [4.78, 5) is 0. The van der Waals surface area contributed by atoms with Crippen molar-refractivity contribution in [3.05, 3.63) is 35.4 Å². The Hall–Kier alpha value is -0.570. The minimum absolute atomic E-state index is 0. The smallest absolute Gasteiger partial charge is 0.0585 e. The molecule has 0 fully saturated rings. The average Bonchev–Trinajstić information content (AvgIpc) is 2.51. The molecule has 3 heteroatoms. The number of hydrogen-bond donors (Lipinski definition) is 2. The van der Waals surface area contributed by atoms with E-state index in [-0.39, 0.29) is 25.1 Å². The van der Waals surface area contributed by atoms with Crippen molar-refractivity contribution in [3.8, 4) is 0 Å². The van der Waals surface area contributed by atoms with Gasteiger partial charge in [0, 0.05) is 6.04 Å². The van der Waals surface area contributed by atoms with Crippen molar-refractivity contribution >= 4 is 12.4 Å². The summed E-state index contributed by atoms with van der Waals surface area (Å²) in [5.41, 5.74) is 8.39. The second-order valence-corrected chi connectivity index (χ2v) is 6.19. The lowest BCUT2D eigenvalue weighted by molar-refractivity contribution is 0.265. The van der Waals surface area contributed by atoms with Gasteiger partial charge in [0.05, 0.1) is 6.61 Å². The molecule has 0 aliphatic rings. The Morgan fingerprint density at radius 2 is 1.36 bits per heavy atom. The van der Waals surface area contributed by atoms with E-state index in [0.717, 1.165) is 6.42 Å². The van der Waals surface area contributed by atoms with Crippen LogP contribution in [-0.2, 0) is 12.8 Å². The quantitative estimate of drug-likeness (QED) is 0.549. The molecule has 1 atom stereocenters. The van der Waals surface area contributed by atoms with Crippen molar-refractivity contribution in [2.75, 3.05) is 6.61 Å². The standard InChI is InChI=1S/C19H33NO.ClH/c1-2-3-4-5-6-7-8-9-10-17-11-13-18(14-12-17)15-19(20)16-21;/h11-14,19,21H,2-10,15-16,20H2,1H3;1H/t19-;/m0./s1. The Morgan fingerprint density at radius 1 is 0.864 bits per heavy atom. The third-order valence-electron chi connectivity index (χ3n) is 4.07. The maximum absolute atomic E-state index is 8.96. The zero-order chi connectivity index (χ0) is 15.3. The number of unbranched alkanes of at least 4 members (excludes halogenated alkanes) is 7. The van der Waals surface area contributed by atoms with Crippen molar-refractivity contribution < 1.29 is 5.11 Å². The molecule has 1 aromatic carbocycles. The number of benzene rings is 1. The fourth-order valence-electron chi connectivity index (χ4n) is 2.67. The van der Waals surface area contributed by atoms with Gasteiger partial charge in [0.1, 0.15) is 0 Å². The highest BCUT2D eigenvalue weighted by Crippen LogP contribution is 2.12. The number of aliphatic hydroxyl groups is 1. The summed E-state index contributed by atoms with van der Waals surface area (Å²) in [7, 11) is 0. The Bertz CT molecular complexity index is 353. The van der Waals surface area contributed by atoms with Gasteiger partial charge < -0.3 is 10.8 Å². The lowest BCUT2D eigenvalue weighted by Gasteiger charge is -2.08. The maximum Gasteiger partial charge on any atom is 0.0585 e. The number of rotatable bonds is 12. The Labute approximate surface area is 142 Å². The molecule has 22 heavy (non-hydrogen) atoms. The first-order valence-corrected chi connectivity index (χ1v) is 8.70. The van der Waals surface area contributed by atoms with Crippen LogP contribution in [0.5, 0.6) is 0 Å². The summed E-state index contributed by atoms with van der Waals surface area (Å²) in [5, 5.41) is 8.96. The Kier molecular flexibility index (Phi) is 13.7. The molecule has 0 aliphatic carbocycles. The van der Waals surface area contributed by atoms with Crippen LogP contribution >= 0.6 is 12.4 Å². The van der Waals surface area contributed by atoms with Gasteiger partial charge in [0.25, 0.3) is 0 Å². The van der Waals surface area contributed by atoms with E-state index >= 15 is 0 Å². The number of aryl methyl sites for hydroxylation is 1. The zero-order valence-corrected chi connectivity index (χ0v) is 14.9. The number of halogens is 1. The summed E-state index contributed by atoms with van der Waals surface area (Å²) < 4.78 is 0. The van der Waals surface area contributed by atoms with E-state index in [0.29, 0.717) is 0 Å². The van der Waals surface area contributed by atoms with E-state index in [1.165, 1.54) is 68.9 Å². The van der Waals surface area contributed by atoms with Crippen LogP contribution in [0.4, 0.5) is 0 Å². The molecule has 0 unspecified atom stereocenters. The molecule has 1 aromatic rings. The normalized spacial score (nSPS) is 12.0. The molecule has 0 saturated heterocycles. The van der Waals surface area contributed by atoms with E-state index in [1.54, 1.807) is 0 Å². The first-order chi connectivity index (χ1) is 10.3. The van der Waals surface area contributed by atoms with Crippen molar-refractivity contribution in [3.63, 3.8) is 0 Å². The van der Waals surface area contributed by atoms with E-state index in [1.807, 2.05) is 0 Å². The van der Waals surface area contributed by atoms with Crippen LogP contribution in [0.15, 0.2) is 24.3 Å². The van der Waals surface area contributed by atoms with Crippen molar-refractivity contribution in [1.29, 1.82) is 0 Å². The molecule has 0 amide bonds. The summed E-state index contributed by atoms with van der Waals surface area (Å²) in [6.45, 7) is 2.32. The molecule has 0 bridgehead atoms. The van der Waals surface area contributed by atoms with Crippen molar-refractivity contribution in [2.45, 2.75) is 77.2 Å². The highest BCUT2D eigenvalue weighted by atomic mass is 35.5. The Morgan fingerprint density at radius 3 is 1.91 bits per heavy atom. The highest BCUT2D eigenvalue weighted by molar-refractivity contribution is 5.85. The van der Waals surface area contributed by atoms with E-state index in [9.17, 15) is 0 Å². The van der Waals surface area contributed by atoms with Crippen LogP contribution < -0.4 is 5.73 Å². The van der Waals surface area contributed by atoms with Gasteiger partial charge in [-0.15, -0.1) is 12.4 Å². The molecule has 2 nitrogen and oxygen atoms in total. The Balaban J connectivity index is 0.00000441. The molecular formula is C19H34ClNO. The van der Waals surface area contributed by atoms with Crippen LogP contribution in [0.3, 0.4) is 0 Å². The second-order valence-electron chi connectivity index (χ2n) is 6.19. The van der Waals surface area contributed by atoms with Gasteiger partial charge in [-0.05, 0) is 30.4 Å². The van der Waals surface area contributed by atoms with E-state index in [4.69, 9.17) is 10.8 Å². The minimum atomic E-state index is -0.136. The third kappa shape index (κ3) is 10.2. The second kappa shape index (κ2) is 14.0. The molecule has 128 valence electrons. The lowest BCUT2D eigenvalue weighted by atomic mass is 10.0. The fourth-order valence-corrected chi connectivity index (χ4v) is 2.67. The molecule has 0 saturated carbocycles. The molecule has 0 heterocycles. The molecule has 0 aromatic heterocycles. The van der Waals surface area contributed by atoms with Crippen LogP contribution in [0.2, 0.25) is 0 Å². The van der Waals surface area contributed by atoms with Gasteiger partial charge in [0.15, 0.2) is 0 Å². The molecule has 0 aliphatic heterocycles. The van der Waals surface area contributed by atoms with Gasteiger partial charge in [-0.3, -0.25) is 0 Å². The molecule has 3 N–H and O–H groups in total. The SMILES string of the molecule is CCCCCCCCCCc1ccc(C[C@H](N)CO)cc1.Cl. The highest BCUT2D eigenvalue weighted by Gasteiger charge is 2.02. The molecule has 1 rings (SSSR count). The average molecular weight is 328 g/mol. The third-order valence-corrected chi connectivity index (χ3v) is 4.07. The van der Waals surface area contributed by atoms with Crippen LogP contribution in [0.25, 0.3) is 0 Å². The minimum Gasteiger partial charge on any atom is -0.395 e. The first kappa shape index (κ1) is 21.4. The molecule has 0 radical (unpaired) electrons. The topological polar surface area (TPSA) is 46.2 Å².